The number of nitrogens with zero attached hydrogens (tertiary/aromatic N) is 2. The Labute approximate surface area is 217 Å². The van der Waals surface area contributed by atoms with Crippen LogP contribution in [-0.4, -0.2) is 122 Å². The molecular weight excluding hydrogens is 394 g/mol. The van der Waals surface area contributed by atoms with Crippen molar-refractivity contribution in [3.8, 4) is 0 Å². The summed E-state index contributed by atoms with van der Waals surface area (Å²) in [5.41, 5.74) is 0. The van der Waals surface area contributed by atoms with Gasteiger partial charge in [-0.1, -0.05) is 0 Å². The fraction of sp³-hybridized carbons (Fsp3) is 0.600. The van der Waals surface area contributed by atoms with Crippen LogP contribution in [0.3, 0.4) is 0 Å². The first-order chi connectivity index (χ1) is 9.20. The number of rotatable bonds is 11. The maximum absolute atomic E-state index is 10.4. The van der Waals surface area contributed by atoms with Crippen molar-refractivity contribution in [1.29, 1.82) is 0 Å². The molecule has 0 aromatic heterocycles. The Kier molecular flexibility index (Phi) is 37.4. The molecule has 25 heavy (non-hydrogen) atoms. The van der Waals surface area contributed by atoms with Crippen LogP contribution >= 0.6 is 0 Å². The molecule has 0 saturated carbocycles. The third kappa shape index (κ3) is 27.3. The van der Waals surface area contributed by atoms with Crippen LogP contribution in [0.5, 0.6) is 0 Å². The maximum Gasteiger partial charge on any atom is 2.00 e. The van der Waals surface area contributed by atoms with Gasteiger partial charge in [0.05, 0.1) is 23.9 Å². The topological polar surface area (TPSA) is 230 Å². The SMILES string of the molecule is O.O.O=C([O-])CN(CCN(CC(=O)[O-])CC(=O)[O-])CC(=O)[O-].[Ca+2].[Na+].[Na+]. The molecular formula is C10H16CaN2Na2O10. The van der Waals surface area contributed by atoms with E-state index in [9.17, 15) is 39.6 Å². The van der Waals surface area contributed by atoms with E-state index in [1.165, 1.54) is 0 Å². The average Bonchev–Trinajstić information content (AvgIpc) is 2.22. The minimum absolute atomic E-state index is 0. The summed E-state index contributed by atoms with van der Waals surface area (Å²) in [7, 11) is 0. The minimum atomic E-state index is -1.53. The van der Waals surface area contributed by atoms with Crippen LogP contribution < -0.4 is 79.5 Å². The fourth-order valence-electron chi connectivity index (χ4n) is 1.44. The third-order valence-corrected chi connectivity index (χ3v) is 2.14. The van der Waals surface area contributed by atoms with E-state index in [0.29, 0.717) is 0 Å². The number of carbonyl (C=O) groups excluding carboxylic acids is 4. The van der Waals surface area contributed by atoms with Crippen LogP contribution in [0.4, 0.5) is 0 Å². The average molecular weight is 410 g/mol. The zero-order valence-corrected chi connectivity index (χ0v) is 20.3. The number of hydrogen-bond acceptors (Lipinski definition) is 10. The second-order valence-electron chi connectivity index (χ2n) is 3.91. The standard InChI is InChI=1S/C10H16N2O8.Ca.2Na.2H2O/c13-7(14)3-11(4-8(15)16)1-2-12(5-9(17)18)6-10(19)20;;;;;/h1-6H2,(H,13,14)(H,15,16)(H,17,18)(H,19,20);;;;2*1H2/q;+2;2*+1;;/p-4. The van der Waals surface area contributed by atoms with Crippen molar-refractivity contribution < 1.29 is 110 Å². The second-order valence-corrected chi connectivity index (χ2v) is 3.91. The van der Waals surface area contributed by atoms with Crippen LogP contribution in [0.1, 0.15) is 0 Å². The van der Waals surface area contributed by atoms with E-state index in [2.05, 4.69) is 0 Å². The van der Waals surface area contributed by atoms with Crippen LogP contribution in [-0.2, 0) is 19.2 Å². The number of carboxylic acids is 4. The van der Waals surface area contributed by atoms with Crippen LogP contribution in [0.2, 0.25) is 0 Å². The van der Waals surface area contributed by atoms with E-state index in [0.717, 1.165) is 9.80 Å². The first kappa shape index (κ1) is 40.6. The Morgan fingerprint density at radius 1 is 0.560 bits per heavy atom. The van der Waals surface area contributed by atoms with Crippen LogP contribution in [0, 0.1) is 0 Å². The van der Waals surface area contributed by atoms with E-state index in [-0.39, 0.29) is 121 Å². The summed E-state index contributed by atoms with van der Waals surface area (Å²) in [5, 5.41) is 41.6. The van der Waals surface area contributed by atoms with Crippen molar-refractivity contribution in [3.05, 3.63) is 0 Å². The van der Waals surface area contributed by atoms with E-state index >= 15 is 0 Å². The van der Waals surface area contributed by atoms with Gasteiger partial charge in [-0.3, -0.25) is 9.80 Å². The Bertz CT molecular complexity index is 334. The van der Waals surface area contributed by atoms with Gasteiger partial charge in [-0.05, 0) is 0 Å². The molecule has 4 N–H and O–H groups in total. The van der Waals surface area contributed by atoms with Gasteiger partial charge in [-0.2, -0.15) is 0 Å². The zero-order valence-electron chi connectivity index (χ0n) is 14.1. The predicted molar refractivity (Wildman–Crippen MR) is 65.9 cm³/mol. The minimum Gasteiger partial charge on any atom is -0.549 e. The van der Waals surface area contributed by atoms with Crippen LogP contribution in [0.15, 0.2) is 0 Å². The van der Waals surface area contributed by atoms with Crippen molar-refractivity contribution >= 4 is 61.6 Å². The van der Waals surface area contributed by atoms with Gasteiger partial charge >= 0.3 is 96.9 Å². The van der Waals surface area contributed by atoms with Gasteiger partial charge in [-0.15, -0.1) is 0 Å². The number of carboxylic acid groups (broad SMARTS) is 4. The molecule has 0 amide bonds. The molecule has 0 aromatic rings. The Hall–Kier alpha value is 0.980. The monoisotopic (exact) mass is 410 g/mol. The van der Waals surface area contributed by atoms with E-state index in [4.69, 9.17) is 0 Å². The molecule has 0 spiro atoms. The summed E-state index contributed by atoms with van der Waals surface area (Å²) >= 11 is 0. The number of hydrogen-bond donors (Lipinski definition) is 0. The van der Waals surface area contributed by atoms with Gasteiger partial charge in [0.1, 0.15) is 0 Å². The van der Waals surface area contributed by atoms with Gasteiger partial charge in [0.25, 0.3) is 0 Å². The van der Waals surface area contributed by atoms with Gasteiger partial charge in [0, 0.05) is 39.3 Å². The van der Waals surface area contributed by atoms with Gasteiger partial charge in [-0.25, -0.2) is 0 Å². The first-order valence-corrected chi connectivity index (χ1v) is 5.44. The first-order valence-electron chi connectivity index (χ1n) is 5.44. The summed E-state index contributed by atoms with van der Waals surface area (Å²) < 4.78 is 0. The fourth-order valence-corrected chi connectivity index (χ4v) is 1.44. The Morgan fingerprint density at radius 2 is 0.720 bits per heavy atom. The molecule has 0 unspecified atom stereocenters. The molecule has 0 aliphatic carbocycles. The molecule has 0 aromatic carbocycles. The molecule has 0 saturated heterocycles. The molecule has 0 radical (unpaired) electrons. The summed E-state index contributed by atoms with van der Waals surface area (Å²) in [4.78, 5) is 43.4. The molecule has 130 valence electrons. The molecule has 0 heterocycles. The van der Waals surface area contributed by atoms with Gasteiger partial charge in [0.2, 0.25) is 0 Å². The summed E-state index contributed by atoms with van der Waals surface area (Å²) in [5.74, 6) is -6.12. The van der Waals surface area contributed by atoms with Crippen molar-refractivity contribution in [2.45, 2.75) is 0 Å². The van der Waals surface area contributed by atoms with E-state index in [1.807, 2.05) is 0 Å². The van der Waals surface area contributed by atoms with E-state index in [1.54, 1.807) is 0 Å². The van der Waals surface area contributed by atoms with E-state index < -0.39 is 50.1 Å². The smallest absolute Gasteiger partial charge is 0.549 e. The quantitative estimate of drug-likeness (QED) is 0.292. The molecule has 0 fully saturated rings. The van der Waals surface area contributed by atoms with Crippen molar-refractivity contribution in [3.63, 3.8) is 0 Å². The second kappa shape index (κ2) is 23.0. The zero-order chi connectivity index (χ0) is 15.7. The third-order valence-electron chi connectivity index (χ3n) is 2.14. The van der Waals surface area contributed by atoms with Crippen molar-refractivity contribution in [2.75, 3.05) is 39.3 Å². The maximum atomic E-state index is 10.4. The molecule has 12 nitrogen and oxygen atoms in total. The summed E-state index contributed by atoms with van der Waals surface area (Å²) in [6.07, 6.45) is 0. The van der Waals surface area contributed by atoms with Crippen molar-refractivity contribution in [2.24, 2.45) is 0 Å². The Morgan fingerprint density at radius 3 is 0.840 bits per heavy atom. The molecule has 0 aliphatic rings. The van der Waals surface area contributed by atoms with Gasteiger partial charge < -0.3 is 50.6 Å². The van der Waals surface area contributed by atoms with Gasteiger partial charge in [0.15, 0.2) is 0 Å². The molecule has 0 atom stereocenters. The largest absolute Gasteiger partial charge is 2.00 e. The molecule has 0 rings (SSSR count). The summed E-state index contributed by atoms with van der Waals surface area (Å²) in [6.45, 7) is -3.25. The number of aliphatic carboxylic acids is 4. The molecule has 0 aliphatic heterocycles. The normalized spacial score (nSPS) is 8.56. The summed E-state index contributed by atoms with van der Waals surface area (Å²) in [6, 6.07) is 0. The van der Waals surface area contributed by atoms with Crippen molar-refractivity contribution in [1.82, 2.24) is 9.80 Å². The van der Waals surface area contributed by atoms with Crippen LogP contribution in [0.25, 0.3) is 0 Å². The molecule has 15 heteroatoms. The Balaban J connectivity index is -0.000000180. The number of carbonyl (C=O) groups is 4. The molecule has 0 bridgehead atoms. The predicted octanol–water partition coefficient (Wildman–Crippen LogP) is -15.4.